The van der Waals surface area contributed by atoms with Gasteiger partial charge >= 0.3 is 12.0 Å². The summed E-state index contributed by atoms with van der Waals surface area (Å²) in [5.41, 5.74) is 0.400. The lowest BCUT2D eigenvalue weighted by Gasteiger charge is -2.20. The molecular weight excluding hydrogens is 350 g/mol. The van der Waals surface area contributed by atoms with Crippen molar-refractivity contribution in [1.82, 2.24) is 15.4 Å². The maximum absolute atomic E-state index is 12.5. The van der Waals surface area contributed by atoms with Crippen LogP contribution in [-0.2, 0) is 20.9 Å². The normalized spacial score (nSPS) is 22.0. The van der Waals surface area contributed by atoms with E-state index in [0.717, 1.165) is 23.3 Å². The molecule has 2 aromatic rings. The van der Waals surface area contributed by atoms with Gasteiger partial charge in [0.15, 0.2) is 5.76 Å². The molecule has 8 heteroatoms. The van der Waals surface area contributed by atoms with Gasteiger partial charge in [0.1, 0.15) is 24.4 Å². The predicted molar refractivity (Wildman–Crippen MR) is 93.1 cm³/mol. The fourth-order valence-corrected chi connectivity index (χ4v) is 3.24. The predicted octanol–water partition coefficient (Wildman–Crippen LogP) is 2.11. The highest BCUT2D eigenvalue weighted by Gasteiger charge is 2.56. The van der Waals surface area contributed by atoms with E-state index in [1.165, 1.54) is 0 Å². The van der Waals surface area contributed by atoms with Gasteiger partial charge in [-0.2, -0.15) is 0 Å². The number of imide groups is 1. The first-order valence-electron chi connectivity index (χ1n) is 8.78. The smallest absolute Gasteiger partial charge is 0.326 e. The van der Waals surface area contributed by atoms with E-state index in [4.69, 9.17) is 9.26 Å². The molecule has 27 heavy (non-hydrogen) atoms. The second kappa shape index (κ2) is 6.53. The van der Waals surface area contributed by atoms with Crippen molar-refractivity contribution in [3.05, 3.63) is 42.1 Å². The van der Waals surface area contributed by atoms with Crippen molar-refractivity contribution in [2.24, 2.45) is 5.92 Å². The van der Waals surface area contributed by atoms with E-state index in [2.05, 4.69) is 10.5 Å². The number of nitrogens with zero attached hydrogens (tertiary/aromatic N) is 2. The van der Waals surface area contributed by atoms with Gasteiger partial charge in [-0.3, -0.25) is 14.5 Å². The third-order valence-electron chi connectivity index (χ3n) is 4.98. The van der Waals surface area contributed by atoms with Gasteiger partial charge in [0.2, 0.25) is 0 Å². The van der Waals surface area contributed by atoms with Crippen LogP contribution in [0.5, 0.6) is 0 Å². The molecule has 1 aliphatic heterocycles. The minimum absolute atomic E-state index is 0.0985. The number of nitrogens with one attached hydrogen (secondary N) is 1. The van der Waals surface area contributed by atoms with Crippen molar-refractivity contribution < 1.29 is 23.6 Å². The number of amides is 3. The second-order valence-electron chi connectivity index (χ2n) is 7.01. The summed E-state index contributed by atoms with van der Waals surface area (Å²) >= 11 is 0. The standard InChI is InChI=1S/C19H19N3O5/c1-19(13-7-8-13)17(24)22(18(25)20-19)10-16(23)26-11-14-9-15(27-21-14)12-5-3-2-4-6-12/h2-6,9,13H,7-8,10-11H2,1H3,(H,20,25)/t19-/m0/s1. The Balaban J connectivity index is 1.33. The van der Waals surface area contributed by atoms with Gasteiger partial charge in [-0.15, -0.1) is 0 Å². The van der Waals surface area contributed by atoms with E-state index >= 15 is 0 Å². The average molecular weight is 369 g/mol. The Morgan fingerprint density at radius 3 is 2.78 bits per heavy atom. The molecule has 0 spiro atoms. The van der Waals surface area contributed by atoms with Crippen LogP contribution < -0.4 is 5.32 Å². The summed E-state index contributed by atoms with van der Waals surface area (Å²) in [4.78, 5) is 37.6. The van der Waals surface area contributed by atoms with Crippen molar-refractivity contribution >= 4 is 17.9 Å². The van der Waals surface area contributed by atoms with Crippen LogP contribution in [0.15, 0.2) is 40.9 Å². The largest absolute Gasteiger partial charge is 0.458 e. The second-order valence-corrected chi connectivity index (χ2v) is 7.01. The number of ether oxygens (including phenoxy) is 1. The third kappa shape index (κ3) is 3.30. The zero-order chi connectivity index (χ0) is 19.0. The summed E-state index contributed by atoms with van der Waals surface area (Å²) < 4.78 is 10.4. The van der Waals surface area contributed by atoms with Crippen LogP contribution in [0.1, 0.15) is 25.5 Å². The molecule has 0 radical (unpaired) electrons. The van der Waals surface area contributed by atoms with E-state index in [-0.39, 0.29) is 18.4 Å². The number of esters is 1. The summed E-state index contributed by atoms with van der Waals surface area (Å²) in [5, 5.41) is 6.56. The van der Waals surface area contributed by atoms with Crippen molar-refractivity contribution in [3.63, 3.8) is 0 Å². The Bertz CT molecular complexity index is 890. The van der Waals surface area contributed by atoms with Gasteiger partial charge in [-0.1, -0.05) is 35.5 Å². The number of benzene rings is 1. The van der Waals surface area contributed by atoms with Crippen molar-refractivity contribution in [2.45, 2.75) is 31.9 Å². The van der Waals surface area contributed by atoms with E-state index in [9.17, 15) is 14.4 Å². The Morgan fingerprint density at radius 2 is 2.07 bits per heavy atom. The first-order valence-corrected chi connectivity index (χ1v) is 8.78. The molecule has 1 N–H and O–H groups in total. The lowest BCUT2D eigenvalue weighted by atomic mass is 9.96. The molecule has 4 rings (SSSR count). The molecule has 1 saturated heterocycles. The van der Waals surface area contributed by atoms with Gasteiger partial charge < -0.3 is 14.6 Å². The third-order valence-corrected chi connectivity index (χ3v) is 4.98. The van der Waals surface area contributed by atoms with Crippen molar-refractivity contribution in [1.29, 1.82) is 0 Å². The van der Waals surface area contributed by atoms with Gasteiger partial charge in [-0.05, 0) is 25.7 Å². The van der Waals surface area contributed by atoms with Crippen LogP contribution in [0, 0.1) is 5.92 Å². The number of aromatic nitrogens is 1. The maximum Gasteiger partial charge on any atom is 0.326 e. The highest BCUT2D eigenvalue weighted by atomic mass is 16.5. The first-order chi connectivity index (χ1) is 13.0. The number of urea groups is 1. The van der Waals surface area contributed by atoms with Gasteiger partial charge in [0.25, 0.3) is 5.91 Å². The van der Waals surface area contributed by atoms with E-state index in [1.807, 2.05) is 30.3 Å². The molecular formula is C19H19N3O5. The minimum Gasteiger partial charge on any atom is -0.458 e. The van der Waals surface area contributed by atoms with Crippen LogP contribution in [-0.4, -0.2) is 40.0 Å². The fourth-order valence-electron chi connectivity index (χ4n) is 3.24. The molecule has 1 saturated carbocycles. The number of hydrogen-bond donors (Lipinski definition) is 1. The summed E-state index contributed by atoms with van der Waals surface area (Å²) in [6.07, 6.45) is 1.80. The van der Waals surface area contributed by atoms with Crippen LogP contribution in [0.2, 0.25) is 0 Å². The molecule has 1 aromatic carbocycles. The molecule has 1 atom stereocenters. The Hall–Kier alpha value is -3.16. The topological polar surface area (TPSA) is 102 Å². The Kier molecular flexibility index (Phi) is 4.18. The highest BCUT2D eigenvalue weighted by molar-refractivity contribution is 6.08. The van der Waals surface area contributed by atoms with Crippen LogP contribution in [0.25, 0.3) is 11.3 Å². The molecule has 0 unspecified atom stereocenters. The van der Waals surface area contributed by atoms with Crippen LogP contribution >= 0.6 is 0 Å². The molecule has 0 bridgehead atoms. The molecule has 2 fully saturated rings. The number of carbonyl (C=O) groups is 3. The van der Waals surface area contributed by atoms with Gasteiger partial charge in [-0.25, -0.2) is 4.79 Å². The maximum atomic E-state index is 12.5. The van der Waals surface area contributed by atoms with Crippen LogP contribution in [0.3, 0.4) is 0 Å². The van der Waals surface area contributed by atoms with Gasteiger partial charge in [0, 0.05) is 11.6 Å². The SMILES string of the molecule is C[C@@]1(C2CC2)NC(=O)N(CC(=O)OCc2cc(-c3ccccc3)on2)C1=O. The van der Waals surface area contributed by atoms with Gasteiger partial charge in [0.05, 0.1) is 0 Å². The van der Waals surface area contributed by atoms with Crippen molar-refractivity contribution in [2.75, 3.05) is 6.54 Å². The monoisotopic (exact) mass is 369 g/mol. The Morgan fingerprint density at radius 1 is 1.33 bits per heavy atom. The van der Waals surface area contributed by atoms with E-state index in [1.54, 1.807) is 13.0 Å². The molecule has 3 amide bonds. The zero-order valence-corrected chi connectivity index (χ0v) is 14.8. The van der Waals surface area contributed by atoms with E-state index < -0.39 is 24.1 Å². The van der Waals surface area contributed by atoms with Crippen LogP contribution in [0.4, 0.5) is 4.79 Å². The summed E-state index contributed by atoms with van der Waals surface area (Å²) in [7, 11) is 0. The number of hydrogen-bond acceptors (Lipinski definition) is 6. The number of rotatable bonds is 6. The molecule has 2 heterocycles. The zero-order valence-electron chi connectivity index (χ0n) is 14.8. The lowest BCUT2D eigenvalue weighted by Crippen LogP contribution is -2.46. The molecule has 2 aliphatic rings. The molecule has 1 aliphatic carbocycles. The minimum atomic E-state index is -0.909. The lowest BCUT2D eigenvalue weighted by molar-refractivity contribution is -0.149. The fraction of sp³-hybridized carbons (Fsp3) is 0.368. The average Bonchev–Trinajstić information content (AvgIpc) is 3.38. The number of carbonyl (C=O) groups excluding carboxylic acids is 3. The summed E-state index contributed by atoms with van der Waals surface area (Å²) in [6, 6.07) is 10.5. The first kappa shape index (κ1) is 17.3. The molecule has 8 nitrogen and oxygen atoms in total. The van der Waals surface area contributed by atoms with Crippen molar-refractivity contribution in [3.8, 4) is 11.3 Å². The summed E-state index contributed by atoms with van der Waals surface area (Å²) in [5.74, 6) is -0.347. The quantitative estimate of drug-likeness (QED) is 0.618. The summed E-state index contributed by atoms with van der Waals surface area (Å²) in [6.45, 7) is 1.19. The Labute approximate surface area is 155 Å². The molecule has 140 valence electrons. The van der Waals surface area contributed by atoms with E-state index in [0.29, 0.717) is 11.5 Å². The highest BCUT2D eigenvalue weighted by Crippen LogP contribution is 2.42. The molecule has 1 aromatic heterocycles.